The van der Waals surface area contributed by atoms with E-state index in [0.717, 1.165) is 16.0 Å². The second-order valence-corrected chi connectivity index (χ2v) is 5.35. The Hall–Kier alpha value is -2.82. The standard InChI is InChI=1S/C17H15NO4/c19-15(20)17(10-12-6-2-1-3-7-12)14-9-5-4-8-13(14)11-18(17)16(21)22/h1-9H,10-11H2,(H,19,20)(H,21,22). The Balaban J connectivity index is 2.18. The molecule has 22 heavy (non-hydrogen) atoms. The van der Waals surface area contributed by atoms with Gasteiger partial charge in [0.1, 0.15) is 0 Å². The van der Waals surface area contributed by atoms with Crippen LogP contribution in [0.3, 0.4) is 0 Å². The number of benzene rings is 2. The summed E-state index contributed by atoms with van der Waals surface area (Å²) in [4.78, 5) is 24.8. The maximum Gasteiger partial charge on any atom is 0.408 e. The van der Waals surface area contributed by atoms with Crippen molar-refractivity contribution in [3.05, 3.63) is 71.3 Å². The van der Waals surface area contributed by atoms with Gasteiger partial charge in [-0.05, 0) is 16.7 Å². The molecule has 3 rings (SSSR count). The molecule has 0 fully saturated rings. The fourth-order valence-corrected chi connectivity index (χ4v) is 3.13. The second kappa shape index (κ2) is 5.18. The Morgan fingerprint density at radius 2 is 1.64 bits per heavy atom. The van der Waals surface area contributed by atoms with E-state index in [1.54, 1.807) is 24.3 Å². The van der Waals surface area contributed by atoms with E-state index < -0.39 is 17.6 Å². The number of fused-ring (bicyclic) bond motifs is 1. The first-order valence-electron chi connectivity index (χ1n) is 6.92. The van der Waals surface area contributed by atoms with Gasteiger partial charge in [-0.15, -0.1) is 0 Å². The molecule has 0 radical (unpaired) electrons. The number of carbonyl (C=O) groups is 2. The molecule has 2 aromatic carbocycles. The van der Waals surface area contributed by atoms with Crippen LogP contribution in [-0.2, 0) is 23.3 Å². The summed E-state index contributed by atoms with van der Waals surface area (Å²) in [6, 6.07) is 16.1. The lowest BCUT2D eigenvalue weighted by molar-refractivity contribution is -0.150. The fourth-order valence-electron chi connectivity index (χ4n) is 3.13. The summed E-state index contributed by atoms with van der Waals surface area (Å²) in [6.45, 7) is 0.0879. The summed E-state index contributed by atoms with van der Waals surface area (Å²) in [5.41, 5.74) is 0.494. The van der Waals surface area contributed by atoms with Crippen LogP contribution in [0.4, 0.5) is 4.79 Å². The van der Waals surface area contributed by atoms with E-state index in [0.29, 0.717) is 5.56 Å². The average Bonchev–Trinajstić information content (AvgIpc) is 2.84. The molecule has 0 aliphatic carbocycles. The summed E-state index contributed by atoms with van der Waals surface area (Å²) >= 11 is 0. The maximum absolute atomic E-state index is 12.1. The smallest absolute Gasteiger partial charge is 0.408 e. The van der Waals surface area contributed by atoms with Gasteiger partial charge in [0.15, 0.2) is 5.54 Å². The molecule has 0 saturated heterocycles. The molecule has 112 valence electrons. The zero-order valence-electron chi connectivity index (χ0n) is 11.8. The lowest BCUT2D eigenvalue weighted by atomic mass is 9.83. The third-order valence-electron chi connectivity index (χ3n) is 4.14. The van der Waals surface area contributed by atoms with Gasteiger partial charge in [0.2, 0.25) is 0 Å². The quantitative estimate of drug-likeness (QED) is 0.913. The van der Waals surface area contributed by atoms with Gasteiger partial charge >= 0.3 is 12.1 Å². The summed E-state index contributed by atoms with van der Waals surface area (Å²) in [5.74, 6) is -1.15. The molecule has 0 bridgehead atoms. The Morgan fingerprint density at radius 1 is 1.00 bits per heavy atom. The summed E-state index contributed by atoms with van der Waals surface area (Å²) in [6.07, 6.45) is -1.12. The van der Waals surface area contributed by atoms with Crippen molar-refractivity contribution in [1.82, 2.24) is 4.90 Å². The molecular formula is C17H15NO4. The molecule has 2 N–H and O–H groups in total. The zero-order valence-corrected chi connectivity index (χ0v) is 11.8. The van der Waals surface area contributed by atoms with E-state index in [-0.39, 0.29) is 13.0 Å². The summed E-state index contributed by atoms with van der Waals surface area (Å²) in [7, 11) is 0. The van der Waals surface area contributed by atoms with Crippen molar-refractivity contribution < 1.29 is 19.8 Å². The van der Waals surface area contributed by atoms with E-state index in [4.69, 9.17) is 0 Å². The van der Waals surface area contributed by atoms with Crippen LogP contribution in [0.25, 0.3) is 0 Å². The first-order chi connectivity index (χ1) is 10.6. The van der Waals surface area contributed by atoms with Gasteiger partial charge in [-0.3, -0.25) is 4.90 Å². The van der Waals surface area contributed by atoms with Crippen molar-refractivity contribution in [3.8, 4) is 0 Å². The minimum absolute atomic E-state index is 0.0879. The largest absolute Gasteiger partial charge is 0.479 e. The van der Waals surface area contributed by atoms with Gasteiger partial charge in [0, 0.05) is 6.42 Å². The molecular weight excluding hydrogens is 282 g/mol. The Morgan fingerprint density at radius 3 is 2.27 bits per heavy atom. The number of carboxylic acids is 1. The van der Waals surface area contributed by atoms with E-state index in [9.17, 15) is 19.8 Å². The molecule has 5 nitrogen and oxygen atoms in total. The van der Waals surface area contributed by atoms with Crippen LogP contribution in [0.2, 0.25) is 0 Å². The zero-order chi connectivity index (χ0) is 15.7. The Labute approximate surface area is 127 Å². The van der Waals surface area contributed by atoms with Crippen LogP contribution in [0.5, 0.6) is 0 Å². The summed E-state index contributed by atoms with van der Waals surface area (Å²) < 4.78 is 0. The van der Waals surface area contributed by atoms with Gasteiger partial charge in [-0.2, -0.15) is 0 Å². The van der Waals surface area contributed by atoms with Crippen molar-refractivity contribution >= 4 is 12.1 Å². The van der Waals surface area contributed by atoms with Crippen LogP contribution in [0.1, 0.15) is 16.7 Å². The fraction of sp³-hybridized carbons (Fsp3) is 0.176. The van der Waals surface area contributed by atoms with Gasteiger partial charge in [0.05, 0.1) is 6.54 Å². The van der Waals surface area contributed by atoms with E-state index in [1.165, 1.54) is 0 Å². The van der Waals surface area contributed by atoms with Crippen LogP contribution in [0, 0.1) is 0 Å². The number of carboxylic acid groups (broad SMARTS) is 2. The van der Waals surface area contributed by atoms with Crippen LogP contribution in [-0.4, -0.2) is 27.2 Å². The molecule has 0 aromatic heterocycles. The molecule has 1 aliphatic rings. The van der Waals surface area contributed by atoms with Gasteiger partial charge in [-0.25, -0.2) is 9.59 Å². The Kier molecular flexibility index (Phi) is 3.33. The number of nitrogens with zero attached hydrogens (tertiary/aromatic N) is 1. The predicted molar refractivity (Wildman–Crippen MR) is 79.5 cm³/mol. The van der Waals surface area contributed by atoms with Crippen LogP contribution < -0.4 is 0 Å². The minimum atomic E-state index is -1.58. The molecule has 1 unspecified atom stereocenters. The van der Waals surface area contributed by atoms with Crippen LogP contribution in [0.15, 0.2) is 54.6 Å². The lowest BCUT2D eigenvalue weighted by Gasteiger charge is -2.33. The predicted octanol–water partition coefficient (Wildman–Crippen LogP) is 2.70. The highest BCUT2D eigenvalue weighted by Gasteiger charge is 2.53. The van der Waals surface area contributed by atoms with Gasteiger partial charge in [-0.1, -0.05) is 54.6 Å². The van der Waals surface area contributed by atoms with E-state index >= 15 is 0 Å². The lowest BCUT2D eigenvalue weighted by Crippen LogP contribution is -2.51. The highest BCUT2D eigenvalue weighted by Crippen LogP contribution is 2.42. The Bertz CT molecular complexity index is 728. The molecule has 1 aliphatic heterocycles. The van der Waals surface area contributed by atoms with Gasteiger partial charge < -0.3 is 10.2 Å². The molecule has 1 amide bonds. The van der Waals surface area contributed by atoms with Crippen molar-refractivity contribution in [1.29, 1.82) is 0 Å². The number of aliphatic carboxylic acids is 1. The monoisotopic (exact) mass is 297 g/mol. The number of hydrogen-bond acceptors (Lipinski definition) is 2. The highest BCUT2D eigenvalue weighted by atomic mass is 16.4. The maximum atomic E-state index is 12.1. The third kappa shape index (κ3) is 2.02. The normalized spacial score (nSPS) is 19.7. The summed E-state index contributed by atoms with van der Waals surface area (Å²) in [5, 5.41) is 19.4. The van der Waals surface area contributed by atoms with Crippen molar-refractivity contribution in [2.24, 2.45) is 0 Å². The van der Waals surface area contributed by atoms with E-state index in [1.807, 2.05) is 30.3 Å². The molecule has 0 spiro atoms. The number of rotatable bonds is 3. The molecule has 5 heteroatoms. The molecule has 0 saturated carbocycles. The first kappa shape index (κ1) is 14.1. The third-order valence-corrected chi connectivity index (χ3v) is 4.14. The minimum Gasteiger partial charge on any atom is -0.479 e. The second-order valence-electron chi connectivity index (χ2n) is 5.35. The molecule has 2 aromatic rings. The SMILES string of the molecule is O=C(O)N1Cc2ccccc2C1(Cc1ccccc1)C(=O)O. The first-order valence-corrected chi connectivity index (χ1v) is 6.92. The molecule has 1 heterocycles. The van der Waals surface area contributed by atoms with Gasteiger partial charge in [0.25, 0.3) is 0 Å². The number of amides is 1. The van der Waals surface area contributed by atoms with E-state index in [2.05, 4.69) is 0 Å². The average molecular weight is 297 g/mol. The topological polar surface area (TPSA) is 77.8 Å². The number of hydrogen-bond donors (Lipinski definition) is 2. The van der Waals surface area contributed by atoms with Crippen molar-refractivity contribution in [2.45, 2.75) is 18.5 Å². The van der Waals surface area contributed by atoms with Crippen molar-refractivity contribution in [2.75, 3.05) is 0 Å². The molecule has 1 atom stereocenters. The highest BCUT2D eigenvalue weighted by molar-refractivity contribution is 5.88. The van der Waals surface area contributed by atoms with Crippen LogP contribution >= 0.6 is 0 Å². The van der Waals surface area contributed by atoms with Crippen molar-refractivity contribution in [3.63, 3.8) is 0 Å².